The molecule has 1 fully saturated rings. The zero-order valence-corrected chi connectivity index (χ0v) is 18.0. The fourth-order valence-electron chi connectivity index (χ4n) is 3.69. The maximum absolute atomic E-state index is 13.2. The molecule has 4 nitrogen and oxygen atoms in total. The number of rotatable bonds is 7. The zero-order valence-electron chi connectivity index (χ0n) is 16.5. The zero-order chi connectivity index (χ0) is 20.8. The second kappa shape index (κ2) is 10.1. The SMILES string of the molecule is CC(C(=O)NC1CCCC1)N(Cc1ccccc1Cl)C(=O)Cc1ccccc1Cl. The molecule has 1 unspecified atom stereocenters. The summed E-state index contributed by atoms with van der Waals surface area (Å²) in [4.78, 5) is 27.7. The van der Waals surface area contributed by atoms with E-state index in [0.29, 0.717) is 10.0 Å². The van der Waals surface area contributed by atoms with Crippen LogP contribution in [0.3, 0.4) is 0 Å². The predicted molar refractivity (Wildman–Crippen MR) is 117 cm³/mol. The van der Waals surface area contributed by atoms with Gasteiger partial charge in [-0.15, -0.1) is 0 Å². The molecule has 29 heavy (non-hydrogen) atoms. The van der Waals surface area contributed by atoms with Gasteiger partial charge >= 0.3 is 0 Å². The van der Waals surface area contributed by atoms with Crippen molar-refractivity contribution in [3.05, 3.63) is 69.7 Å². The first kappa shape index (κ1) is 21.7. The van der Waals surface area contributed by atoms with E-state index in [0.717, 1.165) is 36.8 Å². The minimum absolute atomic E-state index is 0.128. The van der Waals surface area contributed by atoms with Gasteiger partial charge in [0, 0.05) is 22.6 Å². The first-order valence-corrected chi connectivity index (χ1v) is 10.8. The Morgan fingerprint density at radius 1 is 1.00 bits per heavy atom. The number of nitrogens with zero attached hydrogens (tertiary/aromatic N) is 1. The molecule has 3 rings (SSSR count). The summed E-state index contributed by atoms with van der Waals surface area (Å²) in [5.74, 6) is -0.288. The first-order valence-electron chi connectivity index (χ1n) is 10.0. The standard InChI is InChI=1S/C23H26Cl2N2O2/c1-16(23(29)26-19-10-4-5-11-19)27(15-18-9-3-7-13-21(18)25)22(28)14-17-8-2-6-12-20(17)24/h2-3,6-9,12-13,16,19H,4-5,10-11,14-15H2,1H3,(H,26,29). The normalized spacial score (nSPS) is 15.1. The van der Waals surface area contributed by atoms with Crippen LogP contribution in [0.4, 0.5) is 0 Å². The second-order valence-electron chi connectivity index (χ2n) is 7.55. The summed E-state index contributed by atoms with van der Waals surface area (Å²) in [6.45, 7) is 2.04. The van der Waals surface area contributed by atoms with Gasteiger partial charge in [-0.2, -0.15) is 0 Å². The summed E-state index contributed by atoms with van der Waals surface area (Å²) in [6, 6.07) is 14.2. The van der Waals surface area contributed by atoms with Gasteiger partial charge in [0.2, 0.25) is 11.8 Å². The van der Waals surface area contributed by atoms with Gasteiger partial charge in [0.05, 0.1) is 6.42 Å². The van der Waals surface area contributed by atoms with Crippen LogP contribution in [0.25, 0.3) is 0 Å². The third-order valence-electron chi connectivity index (χ3n) is 5.47. The molecule has 154 valence electrons. The van der Waals surface area contributed by atoms with E-state index in [2.05, 4.69) is 5.32 Å². The summed E-state index contributed by atoms with van der Waals surface area (Å²) < 4.78 is 0. The quantitative estimate of drug-likeness (QED) is 0.667. The van der Waals surface area contributed by atoms with Crippen LogP contribution in [0.15, 0.2) is 48.5 Å². The van der Waals surface area contributed by atoms with Crippen molar-refractivity contribution < 1.29 is 9.59 Å². The van der Waals surface area contributed by atoms with Gasteiger partial charge in [-0.3, -0.25) is 9.59 Å². The van der Waals surface area contributed by atoms with Crippen LogP contribution in [0.5, 0.6) is 0 Å². The van der Waals surface area contributed by atoms with Gasteiger partial charge in [0.25, 0.3) is 0 Å². The predicted octanol–water partition coefficient (Wildman–Crippen LogP) is 5.01. The largest absolute Gasteiger partial charge is 0.352 e. The molecule has 2 aromatic carbocycles. The van der Waals surface area contributed by atoms with Crippen molar-refractivity contribution in [2.75, 3.05) is 0 Å². The van der Waals surface area contributed by atoms with Crippen LogP contribution in [-0.2, 0) is 22.6 Å². The molecule has 0 spiro atoms. The van der Waals surface area contributed by atoms with Crippen LogP contribution in [0.1, 0.15) is 43.7 Å². The molecule has 0 bridgehead atoms. The summed E-state index contributed by atoms with van der Waals surface area (Å²) >= 11 is 12.6. The molecule has 0 heterocycles. The topological polar surface area (TPSA) is 49.4 Å². The molecule has 1 aliphatic rings. The molecular formula is C23H26Cl2N2O2. The number of amides is 2. The van der Waals surface area contributed by atoms with E-state index in [1.54, 1.807) is 24.0 Å². The monoisotopic (exact) mass is 432 g/mol. The van der Waals surface area contributed by atoms with Crippen LogP contribution >= 0.6 is 23.2 Å². The van der Waals surface area contributed by atoms with Crippen LogP contribution < -0.4 is 5.32 Å². The van der Waals surface area contributed by atoms with Gasteiger partial charge in [-0.1, -0.05) is 72.4 Å². The number of carbonyl (C=O) groups is 2. The van der Waals surface area contributed by atoms with E-state index in [4.69, 9.17) is 23.2 Å². The molecule has 0 saturated heterocycles. The number of nitrogens with one attached hydrogen (secondary N) is 1. The highest BCUT2D eigenvalue weighted by Crippen LogP contribution is 2.22. The molecule has 1 N–H and O–H groups in total. The third kappa shape index (κ3) is 5.74. The Morgan fingerprint density at radius 3 is 2.14 bits per heavy atom. The summed E-state index contributed by atoms with van der Waals surface area (Å²) in [5.41, 5.74) is 1.55. The van der Waals surface area contributed by atoms with E-state index in [1.165, 1.54) is 0 Å². The van der Waals surface area contributed by atoms with Gasteiger partial charge in [-0.05, 0) is 43.0 Å². The minimum atomic E-state index is -0.609. The van der Waals surface area contributed by atoms with Gasteiger partial charge in [0.15, 0.2) is 0 Å². The smallest absolute Gasteiger partial charge is 0.242 e. The molecule has 1 saturated carbocycles. The average molecular weight is 433 g/mol. The lowest BCUT2D eigenvalue weighted by Gasteiger charge is -2.30. The van der Waals surface area contributed by atoms with Crippen molar-refractivity contribution in [2.45, 2.75) is 57.7 Å². The Bertz CT molecular complexity index is 865. The van der Waals surface area contributed by atoms with Gasteiger partial charge in [0.1, 0.15) is 6.04 Å². The number of hydrogen-bond acceptors (Lipinski definition) is 2. The van der Waals surface area contributed by atoms with Crippen LogP contribution in [0, 0.1) is 0 Å². The van der Waals surface area contributed by atoms with Crippen molar-refractivity contribution in [3.8, 4) is 0 Å². The highest BCUT2D eigenvalue weighted by Gasteiger charge is 2.29. The fraction of sp³-hybridized carbons (Fsp3) is 0.391. The molecule has 1 atom stereocenters. The summed E-state index contributed by atoms with van der Waals surface area (Å²) in [6.07, 6.45) is 4.39. The maximum atomic E-state index is 13.2. The Kier molecular flexibility index (Phi) is 7.57. The molecule has 2 amide bonds. The van der Waals surface area contributed by atoms with E-state index in [1.807, 2.05) is 36.4 Å². The van der Waals surface area contributed by atoms with Crippen molar-refractivity contribution in [1.29, 1.82) is 0 Å². The number of hydrogen-bond donors (Lipinski definition) is 1. The van der Waals surface area contributed by atoms with E-state index >= 15 is 0 Å². The molecule has 0 aromatic heterocycles. The highest BCUT2D eigenvalue weighted by atomic mass is 35.5. The van der Waals surface area contributed by atoms with Gasteiger partial charge < -0.3 is 10.2 Å². The van der Waals surface area contributed by atoms with Crippen LogP contribution in [-0.4, -0.2) is 28.8 Å². The molecule has 1 aliphatic carbocycles. The van der Waals surface area contributed by atoms with E-state index < -0.39 is 6.04 Å². The lowest BCUT2D eigenvalue weighted by atomic mass is 10.1. The Balaban J connectivity index is 1.80. The van der Waals surface area contributed by atoms with Crippen molar-refractivity contribution in [1.82, 2.24) is 10.2 Å². The number of benzene rings is 2. The molecular weight excluding hydrogens is 407 g/mol. The third-order valence-corrected chi connectivity index (χ3v) is 6.20. The lowest BCUT2D eigenvalue weighted by Crippen LogP contribution is -2.50. The average Bonchev–Trinajstić information content (AvgIpc) is 3.21. The Hall–Kier alpha value is -2.04. The van der Waals surface area contributed by atoms with Gasteiger partial charge in [-0.25, -0.2) is 0 Å². The van der Waals surface area contributed by atoms with Crippen molar-refractivity contribution in [3.63, 3.8) is 0 Å². The van der Waals surface area contributed by atoms with Crippen molar-refractivity contribution >= 4 is 35.0 Å². The first-order chi connectivity index (χ1) is 14.0. The Morgan fingerprint density at radius 2 is 1.55 bits per heavy atom. The van der Waals surface area contributed by atoms with E-state index in [-0.39, 0.29) is 30.8 Å². The number of carbonyl (C=O) groups excluding carboxylic acids is 2. The Labute approximate surface area is 182 Å². The maximum Gasteiger partial charge on any atom is 0.242 e. The summed E-state index contributed by atoms with van der Waals surface area (Å²) in [7, 11) is 0. The fourth-order valence-corrected chi connectivity index (χ4v) is 4.09. The minimum Gasteiger partial charge on any atom is -0.352 e. The lowest BCUT2D eigenvalue weighted by molar-refractivity contribution is -0.140. The number of halogens is 2. The van der Waals surface area contributed by atoms with Crippen molar-refractivity contribution in [2.24, 2.45) is 0 Å². The highest BCUT2D eigenvalue weighted by molar-refractivity contribution is 6.31. The second-order valence-corrected chi connectivity index (χ2v) is 8.36. The molecule has 0 radical (unpaired) electrons. The van der Waals surface area contributed by atoms with E-state index in [9.17, 15) is 9.59 Å². The molecule has 2 aromatic rings. The summed E-state index contributed by atoms with van der Waals surface area (Å²) in [5, 5.41) is 4.22. The molecule has 0 aliphatic heterocycles. The molecule has 6 heteroatoms. The van der Waals surface area contributed by atoms with Crippen LogP contribution in [0.2, 0.25) is 10.0 Å².